The van der Waals surface area contributed by atoms with E-state index in [1.807, 2.05) is 24.3 Å². The fraction of sp³-hybridized carbons (Fsp3) is 0.579. The minimum absolute atomic E-state index is 0.0500. The SMILES string of the molecule is CN1CCN(CCCCCOc2ccc(N3C(=O)CSC3=S)cc2)CC1. The lowest BCUT2D eigenvalue weighted by Crippen LogP contribution is -2.44. The second kappa shape index (κ2) is 9.69. The Morgan fingerprint density at radius 2 is 1.81 bits per heavy atom. The molecule has 26 heavy (non-hydrogen) atoms. The van der Waals surface area contributed by atoms with Crippen molar-refractivity contribution in [3.05, 3.63) is 24.3 Å². The number of unbranched alkanes of at least 4 members (excludes halogenated alkanes) is 2. The van der Waals surface area contributed by atoms with Gasteiger partial charge in [0.2, 0.25) is 5.91 Å². The molecule has 1 aromatic rings. The topological polar surface area (TPSA) is 36.0 Å². The van der Waals surface area contributed by atoms with E-state index in [0.717, 1.165) is 24.5 Å². The molecule has 0 radical (unpaired) electrons. The van der Waals surface area contributed by atoms with Crippen molar-refractivity contribution in [3.8, 4) is 5.75 Å². The van der Waals surface area contributed by atoms with Crippen LogP contribution in [0.25, 0.3) is 0 Å². The van der Waals surface area contributed by atoms with Gasteiger partial charge in [0.25, 0.3) is 0 Å². The van der Waals surface area contributed by atoms with Crippen molar-refractivity contribution in [2.24, 2.45) is 0 Å². The molecule has 142 valence electrons. The highest BCUT2D eigenvalue weighted by Crippen LogP contribution is 2.28. The Morgan fingerprint density at radius 1 is 1.08 bits per heavy atom. The van der Waals surface area contributed by atoms with Crippen LogP contribution in [0.4, 0.5) is 5.69 Å². The Labute approximate surface area is 165 Å². The van der Waals surface area contributed by atoms with E-state index in [9.17, 15) is 4.79 Å². The zero-order valence-corrected chi connectivity index (χ0v) is 17.0. The molecule has 0 aliphatic carbocycles. The zero-order chi connectivity index (χ0) is 18.4. The molecule has 2 aliphatic heterocycles. The molecule has 5 nitrogen and oxygen atoms in total. The number of ether oxygens (including phenoxy) is 1. The highest BCUT2D eigenvalue weighted by molar-refractivity contribution is 8.24. The number of benzene rings is 1. The van der Waals surface area contributed by atoms with Gasteiger partial charge in [-0.05, 0) is 57.1 Å². The lowest BCUT2D eigenvalue weighted by molar-refractivity contribution is -0.115. The first-order chi connectivity index (χ1) is 12.6. The summed E-state index contributed by atoms with van der Waals surface area (Å²) in [7, 11) is 2.19. The molecule has 2 fully saturated rings. The summed E-state index contributed by atoms with van der Waals surface area (Å²) in [6.45, 7) is 6.70. The van der Waals surface area contributed by atoms with E-state index >= 15 is 0 Å². The van der Waals surface area contributed by atoms with E-state index in [4.69, 9.17) is 17.0 Å². The third-order valence-corrected chi connectivity index (χ3v) is 6.19. The quantitative estimate of drug-likeness (QED) is 0.499. The number of rotatable bonds is 8. The summed E-state index contributed by atoms with van der Waals surface area (Å²) in [6, 6.07) is 7.63. The number of carbonyl (C=O) groups excluding carboxylic acids is 1. The van der Waals surface area contributed by atoms with E-state index in [2.05, 4.69) is 16.8 Å². The van der Waals surface area contributed by atoms with Gasteiger partial charge >= 0.3 is 0 Å². The van der Waals surface area contributed by atoms with Crippen molar-refractivity contribution >= 4 is 39.9 Å². The molecule has 1 amide bonds. The van der Waals surface area contributed by atoms with E-state index in [1.54, 1.807) is 4.90 Å². The molecule has 3 rings (SSSR count). The molecular formula is C19H27N3O2S2. The van der Waals surface area contributed by atoms with Crippen LogP contribution in [0.1, 0.15) is 19.3 Å². The summed E-state index contributed by atoms with van der Waals surface area (Å²) < 4.78 is 6.45. The van der Waals surface area contributed by atoms with Gasteiger partial charge < -0.3 is 14.5 Å². The van der Waals surface area contributed by atoms with Crippen molar-refractivity contribution < 1.29 is 9.53 Å². The summed E-state index contributed by atoms with van der Waals surface area (Å²) in [6.07, 6.45) is 3.50. The molecule has 0 spiro atoms. The van der Waals surface area contributed by atoms with Crippen LogP contribution in [0, 0.1) is 0 Å². The first-order valence-corrected chi connectivity index (χ1v) is 10.7. The van der Waals surface area contributed by atoms with Crippen molar-refractivity contribution in [2.75, 3.05) is 57.0 Å². The Bertz CT molecular complexity index is 600. The fourth-order valence-corrected chi connectivity index (χ4v) is 4.27. The highest BCUT2D eigenvalue weighted by Gasteiger charge is 2.27. The van der Waals surface area contributed by atoms with E-state index < -0.39 is 0 Å². The van der Waals surface area contributed by atoms with Gasteiger partial charge in [-0.1, -0.05) is 24.0 Å². The third kappa shape index (κ3) is 5.42. The van der Waals surface area contributed by atoms with Gasteiger partial charge in [0.15, 0.2) is 0 Å². The summed E-state index contributed by atoms with van der Waals surface area (Å²) in [4.78, 5) is 18.4. The minimum Gasteiger partial charge on any atom is -0.494 e. The number of hydrogen-bond acceptors (Lipinski definition) is 6. The standard InChI is InChI=1S/C19H27N3O2S2/c1-20-10-12-21(13-11-20)9-3-2-4-14-24-17-7-5-16(6-8-17)22-18(23)15-26-19(22)25/h5-8H,2-4,9-15H2,1H3. The molecule has 2 aliphatic rings. The van der Waals surface area contributed by atoms with Gasteiger partial charge in [-0.3, -0.25) is 9.69 Å². The lowest BCUT2D eigenvalue weighted by Gasteiger charge is -2.32. The average Bonchev–Trinajstić information content (AvgIpc) is 2.98. The molecule has 2 heterocycles. The van der Waals surface area contributed by atoms with Crippen molar-refractivity contribution in [1.82, 2.24) is 9.80 Å². The van der Waals surface area contributed by atoms with Crippen LogP contribution < -0.4 is 9.64 Å². The van der Waals surface area contributed by atoms with Crippen molar-refractivity contribution in [1.29, 1.82) is 0 Å². The van der Waals surface area contributed by atoms with E-state index in [-0.39, 0.29) is 5.91 Å². The average molecular weight is 394 g/mol. The Kier molecular flexibility index (Phi) is 7.31. The summed E-state index contributed by atoms with van der Waals surface area (Å²) in [5.41, 5.74) is 0.824. The number of likely N-dealkylation sites (N-methyl/N-ethyl adjacent to an activating group) is 1. The lowest BCUT2D eigenvalue weighted by atomic mass is 10.2. The van der Waals surface area contributed by atoms with E-state index in [1.165, 1.54) is 57.3 Å². The highest BCUT2D eigenvalue weighted by atomic mass is 32.2. The summed E-state index contributed by atoms with van der Waals surface area (Å²) >= 11 is 6.64. The molecule has 0 aromatic heterocycles. The van der Waals surface area contributed by atoms with E-state index in [0.29, 0.717) is 10.1 Å². The summed E-state index contributed by atoms with van der Waals surface area (Å²) in [5.74, 6) is 1.33. The molecule has 1 aromatic carbocycles. The van der Waals surface area contributed by atoms with Crippen LogP contribution in [0.2, 0.25) is 0 Å². The Hall–Kier alpha value is -1.15. The van der Waals surface area contributed by atoms with Gasteiger partial charge in [-0.25, -0.2) is 0 Å². The molecule has 0 unspecified atom stereocenters. The van der Waals surface area contributed by atoms with Crippen molar-refractivity contribution in [2.45, 2.75) is 19.3 Å². The van der Waals surface area contributed by atoms with Crippen LogP contribution in [0.5, 0.6) is 5.75 Å². The van der Waals surface area contributed by atoms with Gasteiger partial charge in [0, 0.05) is 26.2 Å². The first kappa shape index (κ1) is 19.6. The second-order valence-corrected chi connectivity index (χ2v) is 8.44. The molecule has 0 atom stereocenters. The molecule has 2 saturated heterocycles. The van der Waals surface area contributed by atoms with Crippen LogP contribution in [-0.4, -0.2) is 72.2 Å². The van der Waals surface area contributed by atoms with Crippen LogP contribution >= 0.6 is 24.0 Å². The van der Waals surface area contributed by atoms with Gasteiger partial charge in [0.05, 0.1) is 18.0 Å². The smallest absolute Gasteiger partial charge is 0.243 e. The third-order valence-electron chi connectivity index (χ3n) is 4.83. The normalized spacial score (nSPS) is 19.3. The Morgan fingerprint density at radius 3 is 2.46 bits per heavy atom. The first-order valence-electron chi connectivity index (χ1n) is 9.27. The van der Waals surface area contributed by atoms with Gasteiger partial charge in [0.1, 0.15) is 10.1 Å². The van der Waals surface area contributed by atoms with Crippen molar-refractivity contribution in [3.63, 3.8) is 0 Å². The predicted molar refractivity (Wildman–Crippen MR) is 112 cm³/mol. The molecule has 0 bridgehead atoms. The number of piperazine rings is 1. The second-order valence-electron chi connectivity index (χ2n) is 6.83. The zero-order valence-electron chi connectivity index (χ0n) is 15.4. The van der Waals surface area contributed by atoms with Crippen LogP contribution in [-0.2, 0) is 4.79 Å². The van der Waals surface area contributed by atoms with Crippen LogP contribution in [0.15, 0.2) is 24.3 Å². The number of anilines is 1. The maximum atomic E-state index is 11.9. The van der Waals surface area contributed by atoms with Crippen LogP contribution in [0.3, 0.4) is 0 Å². The fourth-order valence-electron chi connectivity index (χ4n) is 3.17. The number of hydrogen-bond donors (Lipinski definition) is 0. The molecular weight excluding hydrogens is 366 g/mol. The largest absolute Gasteiger partial charge is 0.494 e. The predicted octanol–water partition coefficient (Wildman–Crippen LogP) is 2.85. The number of thiocarbonyl (C=S) groups is 1. The van der Waals surface area contributed by atoms with Gasteiger partial charge in [-0.2, -0.15) is 0 Å². The maximum Gasteiger partial charge on any atom is 0.243 e. The number of thioether (sulfide) groups is 1. The number of amides is 1. The van der Waals surface area contributed by atoms with Gasteiger partial charge in [-0.15, -0.1) is 0 Å². The monoisotopic (exact) mass is 393 g/mol. The number of nitrogens with zero attached hydrogens (tertiary/aromatic N) is 3. The summed E-state index contributed by atoms with van der Waals surface area (Å²) in [5, 5.41) is 0. The minimum atomic E-state index is 0.0500. The molecule has 0 N–H and O–H groups in total. The molecule has 0 saturated carbocycles. The molecule has 7 heteroatoms. The maximum absolute atomic E-state index is 11.9. The number of carbonyl (C=O) groups is 1. The Balaban J connectivity index is 1.31.